The Morgan fingerprint density at radius 2 is 1.62 bits per heavy atom. The van der Waals surface area contributed by atoms with E-state index in [-0.39, 0.29) is 18.0 Å². The Morgan fingerprint density at radius 1 is 1.00 bits per heavy atom. The van der Waals surface area contributed by atoms with Crippen LogP contribution >= 0.6 is 23.5 Å². The molecule has 3 rings (SSSR count). The van der Waals surface area contributed by atoms with Crippen molar-refractivity contribution >= 4 is 46.7 Å². The van der Waals surface area contributed by atoms with Crippen molar-refractivity contribution in [3.63, 3.8) is 0 Å². The summed E-state index contributed by atoms with van der Waals surface area (Å²) in [6, 6.07) is 10.9. The molecular weight excluding hydrogens is 485 g/mol. The predicted molar refractivity (Wildman–Crippen MR) is 106 cm³/mol. The predicted octanol–water partition coefficient (Wildman–Crippen LogP) is 6.01. The molecule has 0 unspecified atom stereocenters. The van der Waals surface area contributed by atoms with E-state index < -0.39 is 45.2 Å². The molecule has 1 atom stereocenters. The SMILES string of the molecule is O=C(C[C@H]1Sc2ccccc2NC1=O)Nc1ccc(SC(F)(F)C(F)(F)C(F)(F)F)cc1. The zero-order valence-corrected chi connectivity index (χ0v) is 17.3. The zero-order valence-electron chi connectivity index (χ0n) is 15.7. The third-order valence-corrected chi connectivity index (χ3v) is 6.48. The first-order valence-corrected chi connectivity index (χ1v) is 10.5. The van der Waals surface area contributed by atoms with Gasteiger partial charge in [-0.2, -0.15) is 30.7 Å². The van der Waals surface area contributed by atoms with Crippen LogP contribution in [0.15, 0.2) is 58.3 Å². The Labute approximate surface area is 185 Å². The number of anilines is 2. The zero-order chi connectivity index (χ0) is 23.7. The van der Waals surface area contributed by atoms with Crippen LogP contribution in [-0.2, 0) is 9.59 Å². The summed E-state index contributed by atoms with van der Waals surface area (Å²) in [6.45, 7) is 0. The van der Waals surface area contributed by atoms with Gasteiger partial charge in [-0.05, 0) is 48.2 Å². The lowest BCUT2D eigenvalue weighted by atomic mass is 10.2. The van der Waals surface area contributed by atoms with Crippen molar-refractivity contribution in [2.75, 3.05) is 10.6 Å². The molecule has 1 heterocycles. The number of carbonyl (C=O) groups excluding carboxylic acids is 2. The van der Waals surface area contributed by atoms with Gasteiger partial charge in [0.2, 0.25) is 11.8 Å². The molecule has 1 aliphatic heterocycles. The standard InChI is InChI=1S/C19H13F7N2O2S2/c20-17(21,18(22,23)24)19(25,26)32-11-7-5-10(6-8-11)27-15(29)9-14-16(30)28-12-3-1-2-4-13(12)31-14/h1-8,14H,9H2,(H,27,29)(H,28,30)/t14-/m1/s1. The fourth-order valence-electron chi connectivity index (χ4n) is 2.59. The third kappa shape index (κ3) is 5.14. The average Bonchev–Trinajstić information content (AvgIpc) is 2.69. The molecule has 4 nitrogen and oxygen atoms in total. The van der Waals surface area contributed by atoms with E-state index in [1.807, 2.05) is 0 Å². The van der Waals surface area contributed by atoms with Gasteiger partial charge in [0.15, 0.2) is 0 Å². The highest BCUT2D eigenvalue weighted by atomic mass is 32.2. The van der Waals surface area contributed by atoms with E-state index in [4.69, 9.17) is 0 Å². The summed E-state index contributed by atoms with van der Waals surface area (Å²) in [5.41, 5.74) is 0.715. The number of hydrogen-bond donors (Lipinski definition) is 2. The number of amides is 2. The van der Waals surface area contributed by atoms with Gasteiger partial charge in [-0.1, -0.05) is 12.1 Å². The Bertz CT molecular complexity index is 1010. The van der Waals surface area contributed by atoms with Gasteiger partial charge >= 0.3 is 17.4 Å². The number of benzene rings is 2. The number of thioether (sulfide) groups is 2. The van der Waals surface area contributed by atoms with Crippen molar-refractivity contribution in [3.05, 3.63) is 48.5 Å². The highest BCUT2D eigenvalue weighted by Crippen LogP contribution is 2.53. The van der Waals surface area contributed by atoms with Crippen molar-refractivity contribution in [1.29, 1.82) is 0 Å². The molecule has 0 bridgehead atoms. The molecule has 2 N–H and O–H groups in total. The normalized spacial score (nSPS) is 16.8. The van der Waals surface area contributed by atoms with Crippen LogP contribution in [0.4, 0.5) is 42.1 Å². The highest BCUT2D eigenvalue weighted by molar-refractivity contribution is 8.01. The van der Waals surface area contributed by atoms with Gasteiger partial charge in [0.25, 0.3) is 0 Å². The van der Waals surface area contributed by atoms with Crippen LogP contribution < -0.4 is 10.6 Å². The monoisotopic (exact) mass is 498 g/mol. The summed E-state index contributed by atoms with van der Waals surface area (Å²) in [7, 11) is 0. The number of alkyl halides is 7. The third-order valence-electron chi connectivity index (χ3n) is 4.18. The minimum absolute atomic E-state index is 0.0897. The summed E-state index contributed by atoms with van der Waals surface area (Å²) in [5, 5.41) is -1.05. The summed E-state index contributed by atoms with van der Waals surface area (Å²) in [6.07, 6.45) is -6.63. The van der Waals surface area contributed by atoms with E-state index in [0.717, 1.165) is 29.2 Å². The molecule has 0 fully saturated rings. The molecule has 1 aliphatic rings. The molecule has 0 aromatic heterocycles. The second kappa shape index (κ2) is 8.85. The minimum atomic E-state index is -6.42. The maximum atomic E-state index is 13.5. The van der Waals surface area contributed by atoms with Crippen molar-refractivity contribution in [2.24, 2.45) is 0 Å². The van der Waals surface area contributed by atoms with Gasteiger partial charge in [-0.15, -0.1) is 11.8 Å². The van der Waals surface area contributed by atoms with Crippen molar-refractivity contribution in [2.45, 2.75) is 38.8 Å². The lowest BCUT2D eigenvalue weighted by Crippen LogP contribution is -2.49. The molecule has 172 valence electrons. The number of para-hydroxylation sites is 1. The van der Waals surface area contributed by atoms with E-state index in [2.05, 4.69) is 10.6 Å². The Balaban J connectivity index is 1.60. The molecule has 2 aromatic carbocycles. The minimum Gasteiger partial charge on any atom is -0.326 e. The fraction of sp³-hybridized carbons (Fsp3) is 0.263. The maximum Gasteiger partial charge on any atom is 0.460 e. The number of rotatable bonds is 6. The smallest absolute Gasteiger partial charge is 0.326 e. The highest BCUT2D eigenvalue weighted by Gasteiger charge is 2.73. The fourth-order valence-corrected chi connectivity index (χ4v) is 4.51. The topological polar surface area (TPSA) is 58.2 Å². The molecular formula is C19H13F7N2O2S2. The number of fused-ring (bicyclic) bond motifs is 1. The van der Waals surface area contributed by atoms with Gasteiger partial charge in [0.05, 0.1) is 10.9 Å². The van der Waals surface area contributed by atoms with Crippen molar-refractivity contribution < 1.29 is 40.3 Å². The van der Waals surface area contributed by atoms with Crippen LogP contribution in [-0.4, -0.2) is 34.4 Å². The Morgan fingerprint density at radius 3 is 2.25 bits per heavy atom. The van der Waals surface area contributed by atoms with Gasteiger partial charge in [0.1, 0.15) is 0 Å². The van der Waals surface area contributed by atoms with Crippen LogP contribution in [0, 0.1) is 0 Å². The molecule has 0 spiro atoms. The quantitative estimate of drug-likeness (QED) is 0.378. The van der Waals surface area contributed by atoms with Crippen molar-refractivity contribution in [1.82, 2.24) is 0 Å². The summed E-state index contributed by atoms with van der Waals surface area (Å²) in [5.74, 6) is -7.18. The van der Waals surface area contributed by atoms with Crippen LogP contribution in [0.5, 0.6) is 0 Å². The van der Waals surface area contributed by atoms with Gasteiger partial charge in [-0.25, -0.2) is 0 Å². The second-order valence-electron chi connectivity index (χ2n) is 6.56. The molecule has 2 aromatic rings. The summed E-state index contributed by atoms with van der Waals surface area (Å²) >= 11 is 0.252. The van der Waals surface area contributed by atoms with Gasteiger partial charge in [0, 0.05) is 21.9 Å². The van der Waals surface area contributed by atoms with E-state index in [1.165, 1.54) is 11.8 Å². The number of hydrogen-bond acceptors (Lipinski definition) is 4. The van der Waals surface area contributed by atoms with Gasteiger partial charge in [-0.3, -0.25) is 9.59 Å². The molecule has 13 heteroatoms. The largest absolute Gasteiger partial charge is 0.460 e. The molecule has 32 heavy (non-hydrogen) atoms. The van der Waals surface area contributed by atoms with E-state index in [1.54, 1.807) is 24.3 Å². The van der Waals surface area contributed by atoms with E-state index >= 15 is 0 Å². The molecule has 2 amide bonds. The van der Waals surface area contributed by atoms with Gasteiger partial charge < -0.3 is 10.6 Å². The first-order chi connectivity index (χ1) is 14.8. The van der Waals surface area contributed by atoms with E-state index in [0.29, 0.717) is 5.69 Å². The van der Waals surface area contributed by atoms with Crippen LogP contribution in [0.1, 0.15) is 6.42 Å². The average molecular weight is 498 g/mol. The van der Waals surface area contributed by atoms with Crippen LogP contribution in [0.3, 0.4) is 0 Å². The first kappa shape index (κ1) is 24.2. The molecule has 0 aliphatic carbocycles. The Hall–Kier alpha value is -2.41. The molecule has 0 saturated carbocycles. The number of carbonyl (C=O) groups is 2. The molecule has 0 radical (unpaired) electrons. The number of nitrogens with one attached hydrogen (secondary N) is 2. The lowest BCUT2D eigenvalue weighted by molar-refractivity contribution is -0.330. The Kier molecular flexibility index (Phi) is 6.70. The maximum absolute atomic E-state index is 13.5. The van der Waals surface area contributed by atoms with Crippen LogP contribution in [0.25, 0.3) is 0 Å². The first-order valence-electron chi connectivity index (χ1n) is 8.78. The lowest BCUT2D eigenvalue weighted by Gasteiger charge is -2.27. The van der Waals surface area contributed by atoms with Crippen molar-refractivity contribution in [3.8, 4) is 0 Å². The van der Waals surface area contributed by atoms with E-state index in [9.17, 15) is 40.3 Å². The second-order valence-corrected chi connectivity index (χ2v) is 8.99. The molecule has 0 saturated heterocycles. The summed E-state index contributed by atoms with van der Waals surface area (Å²) in [4.78, 5) is 24.6. The summed E-state index contributed by atoms with van der Waals surface area (Å²) < 4.78 is 89.6. The van der Waals surface area contributed by atoms with Crippen LogP contribution in [0.2, 0.25) is 0 Å². The number of halogens is 7.